The molecule has 0 amide bonds. The van der Waals surface area contributed by atoms with Crippen molar-refractivity contribution in [3.8, 4) is 5.75 Å². The highest BCUT2D eigenvalue weighted by Gasteiger charge is 2.00. The van der Waals surface area contributed by atoms with Gasteiger partial charge in [-0.3, -0.25) is 4.79 Å². The Hall–Kier alpha value is -1.87. The zero-order valence-electron chi connectivity index (χ0n) is 12.0. The lowest BCUT2D eigenvalue weighted by Crippen LogP contribution is -2.07. The Bertz CT molecular complexity index is 432. The lowest BCUT2D eigenvalue weighted by molar-refractivity contribution is -0.103. The molecule has 108 valence electrons. The minimum atomic E-state index is 0.534. The van der Waals surface area contributed by atoms with Crippen molar-refractivity contribution in [3.63, 3.8) is 0 Å². The number of carbonyl (C=O) groups excluding carboxylic acids is 1. The van der Waals surface area contributed by atoms with Crippen LogP contribution in [0.3, 0.4) is 0 Å². The third-order valence-electron chi connectivity index (χ3n) is 2.75. The Labute approximate surface area is 120 Å². The number of hydrogen-bond acceptors (Lipinski definition) is 3. The number of ether oxygens (including phenoxy) is 2. The van der Waals surface area contributed by atoms with Gasteiger partial charge in [0.25, 0.3) is 0 Å². The second-order valence-corrected chi connectivity index (χ2v) is 4.31. The first-order valence-electron chi connectivity index (χ1n) is 6.90. The van der Waals surface area contributed by atoms with Crippen LogP contribution in [0.1, 0.15) is 25.3 Å². The number of allylic oxidation sites excluding steroid dienone is 3. The zero-order chi connectivity index (χ0) is 14.6. The molecule has 3 nitrogen and oxygen atoms in total. The molecule has 20 heavy (non-hydrogen) atoms. The highest BCUT2D eigenvalue weighted by molar-refractivity contribution is 6.07. The summed E-state index contributed by atoms with van der Waals surface area (Å²) in [6.45, 7) is 7.64. The van der Waals surface area contributed by atoms with Crippen molar-refractivity contribution in [2.24, 2.45) is 0 Å². The van der Waals surface area contributed by atoms with Gasteiger partial charge in [0, 0.05) is 12.2 Å². The lowest BCUT2D eigenvalue weighted by atomic mass is 10.1. The predicted molar refractivity (Wildman–Crippen MR) is 81.9 cm³/mol. The standard InChI is InChI=1S/C17H22O3/c1-3-5-11-19-12-13-20-17-9-7-15(8-10-17)16(14-18)6-4-2/h4,6-10,14H,2-3,5,11-13H2,1H3/b16-6+. The van der Waals surface area contributed by atoms with Crippen molar-refractivity contribution < 1.29 is 14.3 Å². The SMILES string of the molecule is C=C/C=C(\C=O)c1ccc(OCCOCCCC)cc1. The first-order chi connectivity index (χ1) is 9.81. The summed E-state index contributed by atoms with van der Waals surface area (Å²) >= 11 is 0. The van der Waals surface area contributed by atoms with Crippen molar-refractivity contribution in [2.45, 2.75) is 19.8 Å². The predicted octanol–water partition coefficient (Wildman–Crippen LogP) is 3.65. The Morgan fingerprint density at radius 1 is 1.20 bits per heavy atom. The van der Waals surface area contributed by atoms with Crippen LogP contribution in [0, 0.1) is 0 Å². The Morgan fingerprint density at radius 3 is 2.55 bits per heavy atom. The third kappa shape index (κ3) is 5.85. The molecule has 1 rings (SSSR count). The molecule has 0 saturated heterocycles. The Balaban J connectivity index is 2.40. The summed E-state index contributed by atoms with van der Waals surface area (Å²) in [5, 5.41) is 0. The number of unbranched alkanes of at least 4 members (excludes halogenated alkanes) is 1. The van der Waals surface area contributed by atoms with Crippen molar-refractivity contribution in [2.75, 3.05) is 19.8 Å². The summed E-state index contributed by atoms with van der Waals surface area (Å²) in [5.41, 5.74) is 1.46. The second kappa shape index (κ2) is 9.98. The van der Waals surface area contributed by atoms with Gasteiger partial charge in [-0.15, -0.1) is 0 Å². The highest BCUT2D eigenvalue weighted by atomic mass is 16.5. The van der Waals surface area contributed by atoms with Gasteiger partial charge in [0.1, 0.15) is 12.4 Å². The van der Waals surface area contributed by atoms with Crippen LogP contribution in [0.15, 0.2) is 43.0 Å². The van der Waals surface area contributed by atoms with Crippen molar-refractivity contribution >= 4 is 11.9 Å². The maximum atomic E-state index is 10.9. The van der Waals surface area contributed by atoms with Crippen molar-refractivity contribution in [1.82, 2.24) is 0 Å². The van der Waals surface area contributed by atoms with Crippen LogP contribution in [-0.2, 0) is 9.53 Å². The van der Waals surface area contributed by atoms with Gasteiger partial charge >= 0.3 is 0 Å². The largest absolute Gasteiger partial charge is 0.491 e. The maximum absolute atomic E-state index is 10.9. The second-order valence-electron chi connectivity index (χ2n) is 4.31. The van der Waals surface area contributed by atoms with Gasteiger partial charge in [-0.25, -0.2) is 0 Å². The molecule has 0 fully saturated rings. The van der Waals surface area contributed by atoms with Gasteiger partial charge in [-0.1, -0.05) is 44.2 Å². The summed E-state index contributed by atoms with van der Waals surface area (Å²) < 4.78 is 11.0. The van der Waals surface area contributed by atoms with Gasteiger partial charge in [0.05, 0.1) is 6.61 Å². The summed E-state index contributed by atoms with van der Waals surface area (Å²) in [6, 6.07) is 7.41. The van der Waals surface area contributed by atoms with E-state index >= 15 is 0 Å². The molecular formula is C17H22O3. The molecule has 0 aliphatic heterocycles. The van der Waals surface area contributed by atoms with Crippen LogP contribution in [0.2, 0.25) is 0 Å². The van der Waals surface area contributed by atoms with E-state index in [4.69, 9.17) is 9.47 Å². The molecule has 3 heteroatoms. The van der Waals surface area contributed by atoms with Crippen molar-refractivity contribution in [1.29, 1.82) is 0 Å². The molecule has 1 aromatic carbocycles. The molecule has 0 N–H and O–H groups in total. The van der Waals surface area contributed by atoms with Gasteiger partial charge < -0.3 is 9.47 Å². The summed E-state index contributed by atoms with van der Waals surface area (Å²) in [6.07, 6.45) is 6.32. The van der Waals surface area contributed by atoms with Crippen LogP contribution in [0.25, 0.3) is 5.57 Å². The number of aldehydes is 1. The van der Waals surface area contributed by atoms with E-state index in [1.165, 1.54) is 0 Å². The molecule has 0 spiro atoms. The van der Waals surface area contributed by atoms with E-state index < -0.39 is 0 Å². The zero-order valence-corrected chi connectivity index (χ0v) is 12.0. The first kappa shape index (κ1) is 16.2. The number of benzene rings is 1. The fourth-order valence-electron chi connectivity index (χ4n) is 1.64. The topological polar surface area (TPSA) is 35.5 Å². The van der Waals surface area contributed by atoms with Crippen molar-refractivity contribution in [3.05, 3.63) is 48.6 Å². The van der Waals surface area contributed by atoms with Gasteiger partial charge in [0.2, 0.25) is 0 Å². The lowest BCUT2D eigenvalue weighted by Gasteiger charge is -2.07. The van der Waals surface area contributed by atoms with E-state index in [9.17, 15) is 4.79 Å². The van der Waals surface area contributed by atoms with Gasteiger partial charge in [0.15, 0.2) is 6.29 Å². The van der Waals surface area contributed by atoms with Crippen LogP contribution < -0.4 is 4.74 Å². The van der Waals surface area contributed by atoms with E-state index in [0.29, 0.717) is 18.8 Å². The molecular weight excluding hydrogens is 252 g/mol. The first-order valence-corrected chi connectivity index (χ1v) is 6.90. The fraction of sp³-hybridized carbons (Fsp3) is 0.353. The van der Waals surface area contributed by atoms with Gasteiger partial charge in [-0.2, -0.15) is 0 Å². The molecule has 0 heterocycles. The minimum absolute atomic E-state index is 0.534. The quantitative estimate of drug-likeness (QED) is 0.283. The Morgan fingerprint density at radius 2 is 1.95 bits per heavy atom. The van der Waals surface area contributed by atoms with E-state index in [2.05, 4.69) is 13.5 Å². The monoisotopic (exact) mass is 274 g/mol. The number of carbonyl (C=O) groups is 1. The molecule has 0 radical (unpaired) electrons. The van der Waals surface area contributed by atoms with Gasteiger partial charge in [-0.05, 0) is 24.1 Å². The average molecular weight is 274 g/mol. The van der Waals surface area contributed by atoms with Crippen LogP contribution in [0.4, 0.5) is 0 Å². The molecule has 0 aliphatic carbocycles. The van der Waals surface area contributed by atoms with E-state index in [0.717, 1.165) is 37.0 Å². The maximum Gasteiger partial charge on any atom is 0.150 e. The van der Waals surface area contributed by atoms with Crippen LogP contribution >= 0.6 is 0 Å². The number of hydrogen-bond donors (Lipinski definition) is 0. The minimum Gasteiger partial charge on any atom is -0.491 e. The molecule has 0 saturated carbocycles. The van der Waals surface area contributed by atoms with E-state index in [-0.39, 0.29) is 0 Å². The molecule has 0 unspecified atom stereocenters. The fourth-order valence-corrected chi connectivity index (χ4v) is 1.64. The third-order valence-corrected chi connectivity index (χ3v) is 2.75. The Kier molecular flexibility index (Phi) is 8.08. The number of rotatable bonds is 10. The van der Waals surface area contributed by atoms with Crippen LogP contribution in [-0.4, -0.2) is 26.1 Å². The molecule has 0 aromatic heterocycles. The molecule has 0 atom stereocenters. The molecule has 1 aromatic rings. The van der Waals surface area contributed by atoms with Crippen LogP contribution in [0.5, 0.6) is 5.75 Å². The highest BCUT2D eigenvalue weighted by Crippen LogP contribution is 2.17. The summed E-state index contributed by atoms with van der Waals surface area (Å²) in [4.78, 5) is 10.9. The normalized spacial score (nSPS) is 11.2. The van der Waals surface area contributed by atoms with E-state index in [1.807, 2.05) is 24.3 Å². The summed E-state index contributed by atoms with van der Waals surface area (Å²) in [5.74, 6) is 0.775. The average Bonchev–Trinajstić information content (AvgIpc) is 2.49. The molecule has 0 aliphatic rings. The van der Waals surface area contributed by atoms with E-state index in [1.54, 1.807) is 12.2 Å². The molecule has 0 bridgehead atoms. The smallest absolute Gasteiger partial charge is 0.150 e. The summed E-state index contributed by atoms with van der Waals surface area (Å²) in [7, 11) is 0.